The maximum Gasteiger partial charge on any atom is 0.0125 e. The zero-order valence-corrected chi connectivity index (χ0v) is 10.3. The van der Waals surface area contributed by atoms with Crippen LogP contribution in [0.1, 0.15) is 52.4 Å². The Morgan fingerprint density at radius 1 is 1.27 bits per heavy atom. The van der Waals surface area contributed by atoms with Gasteiger partial charge in [0.05, 0.1) is 0 Å². The van der Waals surface area contributed by atoms with E-state index in [0.717, 1.165) is 18.1 Å². The van der Waals surface area contributed by atoms with Crippen molar-refractivity contribution in [2.24, 2.45) is 0 Å². The van der Waals surface area contributed by atoms with E-state index in [-0.39, 0.29) is 0 Å². The van der Waals surface area contributed by atoms with Gasteiger partial charge < -0.3 is 5.32 Å². The Hall–Kier alpha value is -0.0800. The molecule has 0 bridgehead atoms. The molecule has 15 heavy (non-hydrogen) atoms. The maximum atomic E-state index is 3.56. The Balaban J connectivity index is 1.94. The molecule has 2 heteroatoms. The number of piperidine rings is 2. The van der Waals surface area contributed by atoms with Crippen molar-refractivity contribution in [2.45, 2.75) is 70.5 Å². The van der Waals surface area contributed by atoms with Gasteiger partial charge in [-0.05, 0) is 52.1 Å². The summed E-state index contributed by atoms with van der Waals surface area (Å²) in [5.41, 5.74) is 0. The molecule has 2 saturated heterocycles. The van der Waals surface area contributed by atoms with Gasteiger partial charge in [-0.1, -0.05) is 13.3 Å². The van der Waals surface area contributed by atoms with Crippen molar-refractivity contribution in [3.05, 3.63) is 0 Å². The summed E-state index contributed by atoms with van der Waals surface area (Å²) in [6, 6.07) is 2.48. The first-order valence-electron chi connectivity index (χ1n) is 6.80. The van der Waals surface area contributed by atoms with Crippen molar-refractivity contribution in [3.63, 3.8) is 0 Å². The van der Waals surface area contributed by atoms with Crippen molar-refractivity contribution in [1.82, 2.24) is 10.2 Å². The predicted octanol–water partition coefficient (Wildman–Crippen LogP) is 2.39. The van der Waals surface area contributed by atoms with Crippen LogP contribution in [-0.4, -0.2) is 36.1 Å². The quantitative estimate of drug-likeness (QED) is 0.753. The molecule has 3 unspecified atom stereocenters. The van der Waals surface area contributed by atoms with Crippen molar-refractivity contribution in [1.29, 1.82) is 0 Å². The van der Waals surface area contributed by atoms with Gasteiger partial charge in [-0.15, -0.1) is 0 Å². The Labute approximate surface area is 94.4 Å². The molecule has 1 N–H and O–H groups in total. The van der Waals surface area contributed by atoms with Crippen LogP contribution in [0.5, 0.6) is 0 Å². The molecule has 0 spiro atoms. The fraction of sp³-hybridized carbons (Fsp3) is 1.00. The first-order chi connectivity index (χ1) is 7.31. The highest BCUT2D eigenvalue weighted by Gasteiger charge is 2.30. The summed E-state index contributed by atoms with van der Waals surface area (Å²) < 4.78 is 0. The van der Waals surface area contributed by atoms with E-state index in [1.165, 1.54) is 51.6 Å². The maximum absolute atomic E-state index is 3.56. The van der Waals surface area contributed by atoms with E-state index >= 15 is 0 Å². The summed E-state index contributed by atoms with van der Waals surface area (Å²) in [4.78, 5) is 2.82. The number of hydrogen-bond donors (Lipinski definition) is 1. The third kappa shape index (κ3) is 2.73. The number of nitrogens with zero attached hydrogens (tertiary/aromatic N) is 1. The van der Waals surface area contributed by atoms with Crippen LogP contribution in [-0.2, 0) is 0 Å². The van der Waals surface area contributed by atoms with Crippen molar-refractivity contribution in [3.8, 4) is 0 Å². The lowest BCUT2D eigenvalue weighted by Crippen LogP contribution is -2.52. The van der Waals surface area contributed by atoms with Gasteiger partial charge in [0.15, 0.2) is 0 Å². The fourth-order valence-corrected chi connectivity index (χ4v) is 3.35. The lowest BCUT2D eigenvalue weighted by atomic mass is 9.92. The number of hydrogen-bond acceptors (Lipinski definition) is 2. The Morgan fingerprint density at radius 3 is 2.87 bits per heavy atom. The molecule has 88 valence electrons. The smallest absolute Gasteiger partial charge is 0.0125 e. The molecular formula is C13H26N2. The van der Waals surface area contributed by atoms with Crippen LogP contribution in [0, 0.1) is 0 Å². The van der Waals surface area contributed by atoms with Crippen LogP contribution in [0.4, 0.5) is 0 Å². The SMILES string of the molecule is CCC1CCCCN1C1CCNC(C)C1. The Bertz CT molecular complexity index is 193. The normalized spacial score (nSPS) is 39.2. The highest BCUT2D eigenvalue weighted by molar-refractivity contribution is 4.87. The van der Waals surface area contributed by atoms with Crippen molar-refractivity contribution < 1.29 is 0 Å². The van der Waals surface area contributed by atoms with Gasteiger partial charge in [-0.3, -0.25) is 4.90 Å². The van der Waals surface area contributed by atoms with Crippen molar-refractivity contribution >= 4 is 0 Å². The highest BCUT2D eigenvalue weighted by atomic mass is 15.2. The molecule has 2 aliphatic rings. The minimum atomic E-state index is 0.725. The molecule has 2 heterocycles. The monoisotopic (exact) mass is 210 g/mol. The van der Waals surface area contributed by atoms with Gasteiger partial charge in [0.2, 0.25) is 0 Å². The molecule has 2 nitrogen and oxygen atoms in total. The zero-order chi connectivity index (χ0) is 10.7. The van der Waals surface area contributed by atoms with Crippen LogP contribution in [0.3, 0.4) is 0 Å². The van der Waals surface area contributed by atoms with Gasteiger partial charge >= 0.3 is 0 Å². The van der Waals surface area contributed by atoms with E-state index in [1.54, 1.807) is 0 Å². The van der Waals surface area contributed by atoms with Crippen LogP contribution in [0.15, 0.2) is 0 Å². The Kier molecular flexibility index (Phi) is 4.04. The standard InChI is InChI=1S/C13H26N2/c1-3-12-6-4-5-9-15(12)13-7-8-14-11(2)10-13/h11-14H,3-10H2,1-2H3. The van der Waals surface area contributed by atoms with E-state index in [0.29, 0.717) is 0 Å². The molecular weight excluding hydrogens is 184 g/mol. The lowest BCUT2D eigenvalue weighted by Gasteiger charge is -2.44. The molecule has 0 saturated carbocycles. The third-order valence-corrected chi connectivity index (χ3v) is 4.21. The minimum Gasteiger partial charge on any atom is -0.314 e. The number of rotatable bonds is 2. The molecule has 3 atom stereocenters. The molecule has 0 aromatic rings. The first-order valence-corrected chi connectivity index (χ1v) is 6.80. The van der Waals surface area contributed by atoms with E-state index in [9.17, 15) is 0 Å². The summed E-state index contributed by atoms with van der Waals surface area (Å²) in [6.45, 7) is 7.26. The van der Waals surface area contributed by atoms with E-state index in [1.807, 2.05) is 0 Å². The topological polar surface area (TPSA) is 15.3 Å². The number of likely N-dealkylation sites (tertiary alicyclic amines) is 1. The van der Waals surface area contributed by atoms with E-state index < -0.39 is 0 Å². The van der Waals surface area contributed by atoms with E-state index in [2.05, 4.69) is 24.1 Å². The summed E-state index contributed by atoms with van der Waals surface area (Å²) in [5.74, 6) is 0. The van der Waals surface area contributed by atoms with Gasteiger partial charge in [-0.25, -0.2) is 0 Å². The molecule has 2 rings (SSSR count). The Morgan fingerprint density at radius 2 is 2.13 bits per heavy atom. The molecule has 0 radical (unpaired) electrons. The molecule has 2 aliphatic heterocycles. The molecule has 0 aromatic heterocycles. The average molecular weight is 210 g/mol. The largest absolute Gasteiger partial charge is 0.314 e. The van der Waals surface area contributed by atoms with Gasteiger partial charge in [0.25, 0.3) is 0 Å². The summed E-state index contributed by atoms with van der Waals surface area (Å²) in [5, 5.41) is 3.56. The summed E-state index contributed by atoms with van der Waals surface area (Å²) in [7, 11) is 0. The zero-order valence-electron chi connectivity index (χ0n) is 10.3. The second kappa shape index (κ2) is 5.31. The van der Waals surface area contributed by atoms with Gasteiger partial charge in [0.1, 0.15) is 0 Å². The van der Waals surface area contributed by atoms with Gasteiger partial charge in [0, 0.05) is 18.1 Å². The minimum absolute atomic E-state index is 0.725. The lowest BCUT2D eigenvalue weighted by molar-refractivity contribution is 0.0662. The van der Waals surface area contributed by atoms with Crippen LogP contribution in [0.25, 0.3) is 0 Å². The third-order valence-electron chi connectivity index (χ3n) is 4.21. The molecule has 0 aliphatic carbocycles. The van der Waals surface area contributed by atoms with E-state index in [4.69, 9.17) is 0 Å². The second-order valence-electron chi connectivity index (χ2n) is 5.33. The second-order valence-corrected chi connectivity index (χ2v) is 5.33. The number of nitrogens with one attached hydrogen (secondary N) is 1. The van der Waals surface area contributed by atoms with Crippen molar-refractivity contribution in [2.75, 3.05) is 13.1 Å². The van der Waals surface area contributed by atoms with Crippen LogP contribution in [0.2, 0.25) is 0 Å². The van der Waals surface area contributed by atoms with Crippen LogP contribution >= 0.6 is 0 Å². The first kappa shape index (κ1) is 11.4. The van der Waals surface area contributed by atoms with Crippen LogP contribution < -0.4 is 5.32 Å². The molecule has 2 fully saturated rings. The predicted molar refractivity (Wildman–Crippen MR) is 65.1 cm³/mol. The fourth-order valence-electron chi connectivity index (χ4n) is 3.35. The van der Waals surface area contributed by atoms with Gasteiger partial charge in [-0.2, -0.15) is 0 Å². The summed E-state index contributed by atoms with van der Waals surface area (Å²) >= 11 is 0. The summed E-state index contributed by atoms with van der Waals surface area (Å²) in [6.07, 6.45) is 8.38. The molecule has 0 aromatic carbocycles. The highest BCUT2D eigenvalue weighted by Crippen LogP contribution is 2.26. The average Bonchev–Trinajstić information content (AvgIpc) is 2.29. The molecule has 0 amide bonds.